The SMILES string of the molecule is CNCc1c(Cl)cccc1N1CCC[C@H]2CCCC[C@H]21. The molecule has 3 heteroatoms. The molecule has 1 saturated heterocycles. The number of hydrogen-bond acceptors (Lipinski definition) is 2. The quantitative estimate of drug-likeness (QED) is 0.897. The van der Waals surface area contributed by atoms with Crippen LogP contribution in [0.15, 0.2) is 18.2 Å². The zero-order chi connectivity index (χ0) is 13.9. The van der Waals surface area contributed by atoms with Gasteiger partial charge in [0.25, 0.3) is 0 Å². The first-order valence-corrected chi connectivity index (χ1v) is 8.37. The first kappa shape index (κ1) is 14.2. The first-order chi connectivity index (χ1) is 9.81. The van der Waals surface area contributed by atoms with Crippen molar-refractivity contribution in [3.63, 3.8) is 0 Å². The molecule has 1 N–H and O–H groups in total. The summed E-state index contributed by atoms with van der Waals surface area (Å²) in [4.78, 5) is 2.66. The monoisotopic (exact) mass is 292 g/mol. The highest BCUT2D eigenvalue weighted by Crippen LogP contribution is 2.39. The normalized spacial score (nSPS) is 26.4. The number of benzene rings is 1. The molecule has 1 saturated carbocycles. The fourth-order valence-electron chi connectivity index (χ4n) is 4.09. The van der Waals surface area contributed by atoms with Gasteiger partial charge in [-0.3, -0.25) is 0 Å². The molecular formula is C17H25ClN2. The number of piperidine rings is 1. The minimum atomic E-state index is 0.742. The zero-order valence-corrected chi connectivity index (χ0v) is 13.1. The Morgan fingerprint density at radius 3 is 2.85 bits per heavy atom. The molecule has 1 aromatic carbocycles. The summed E-state index contributed by atoms with van der Waals surface area (Å²) in [5.41, 5.74) is 2.63. The summed E-state index contributed by atoms with van der Waals surface area (Å²) in [7, 11) is 1.99. The van der Waals surface area contributed by atoms with Crippen molar-refractivity contribution < 1.29 is 0 Å². The zero-order valence-electron chi connectivity index (χ0n) is 12.4. The lowest BCUT2D eigenvalue weighted by Gasteiger charge is -2.46. The van der Waals surface area contributed by atoms with E-state index in [1.54, 1.807) is 0 Å². The van der Waals surface area contributed by atoms with Crippen molar-refractivity contribution in [3.05, 3.63) is 28.8 Å². The van der Waals surface area contributed by atoms with Crippen LogP contribution in [0.4, 0.5) is 5.69 Å². The van der Waals surface area contributed by atoms with Crippen LogP contribution >= 0.6 is 11.6 Å². The molecule has 0 amide bonds. The largest absolute Gasteiger partial charge is 0.368 e. The lowest BCUT2D eigenvalue weighted by atomic mass is 9.78. The molecule has 0 bridgehead atoms. The fraction of sp³-hybridized carbons (Fsp3) is 0.647. The third kappa shape index (κ3) is 2.68. The van der Waals surface area contributed by atoms with Crippen molar-refractivity contribution in [2.24, 2.45) is 5.92 Å². The maximum absolute atomic E-state index is 6.44. The molecule has 2 fully saturated rings. The van der Waals surface area contributed by atoms with E-state index in [0.717, 1.165) is 23.5 Å². The molecule has 1 aromatic rings. The average Bonchev–Trinajstić information content (AvgIpc) is 2.49. The molecule has 110 valence electrons. The van der Waals surface area contributed by atoms with E-state index < -0.39 is 0 Å². The van der Waals surface area contributed by atoms with Crippen LogP contribution in [0.5, 0.6) is 0 Å². The van der Waals surface area contributed by atoms with E-state index in [4.69, 9.17) is 11.6 Å². The minimum absolute atomic E-state index is 0.742. The van der Waals surface area contributed by atoms with Gasteiger partial charge in [0.05, 0.1) is 0 Å². The van der Waals surface area contributed by atoms with E-state index in [2.05, 4.69) is 22.3 Å². The summed E-state index contributed by atoms with van der Waals surface area (Å²) >= 11 is 6.44. The molecule has 20 heavy (non-hydrogen) atoms. The Morgan fingerprint density at radius 2 is 2.00 bits per heavy atom. The van der Waals surface area contributed by atoms with Gasteiger partial charge < -0.3 is 10.2 Å². The summed E-state index contributed by atoms with van der Waals surface area (Å²) in [5, 5.41) is 4.16. The van der Waals surface area contributed by atoms with Gasteiger partial charge in [0.15, 0.2) is 0 Å². The summed E-state index contributed by atoms with van der Waals surface area (Å²) in [6, 6.07) is 7.12. The molecule has 0 aromatic heterocycles. The molecule has 1 aliphatic carbocycles. The van der Waals surface area contributed by atoms with Gasteiger partial charge in [-0.2, -0.15) is 0 Å². The van der Waals surface area contributed by atoms with Crippen molar-refractivity contribution in [2.75, 3.05) is 18.5 Å². The Kier molecular flexibility index (Phi) is 4.52. The average molecular weight is 293 g/mol. The van der Waals surface area contributed by atoms with Crippen LogP contribution in [0, 0.1) is 5.92 Å². The van der Waals surface area contributed by atoms with E-state index in [1.807, 2.05) is 13.1 Å². The van der Waals surface area contributed by atoms with E-state index in [9.17, 15) is 0 Å². The molecular weight excluding hydrogens is 268 g/mol. The van der Waals surface area contributed by atoms with Gasteiger partial charge in [-0.15, -0.1) is 0 Å². The lowest BCUT2D eigenvalue weighted by Crippen LogP contribution is -2.47. The second kappa shape index (κ2) is 6.36. The third-order valence-corrected chi connectivity index (χ3v) is 5.35. The van der Waals surface area contributed by atoms with Crippen molar-refractivity contribution in [1.29, 1.82) is 0 Å². The second-order valence-corrected chi connectivity index (χ2v) is 6.62. The number of hydrogen-bond donors (Lipinski definition) is 1. The smallest absolute Gasteiger partial charge is 0.0471 e. The van der Waals surface area contributed by atoms with Gasteiger partial charge in [-0.05, 0) is 50.8 Å². The Morgan fingerprint density at radius 1 is 1.20 bits per heavy atom. The van der Waals surface area contributed by atoms with Crippen LogP contribution in [0.3, 0.4) is 0 Å². The highest BCUT2D eigenvalue weighted by Gasteiger charge is 2.34. The Balaban J connectivity index is 1.92. The van der Waals surface area contributed by atoms with Crippen LogP contribution < -0.4 is 10.2 Å². The number of nitrogens with one attached hydrogen (secondary N) is 1. The number of anilines is 1. The van der Waals surface area contributed by atoms with Crippen LogP contribution in [0.25, 0.3) is 0 Å². The van der Waals surface area contributed by atoms with Crippen molar-refractivity contribution in [3.8, 4) is 0 Å². The standard InChI is InChI=1S/C17H25ClN2/c1-19-12-14-15(18)8-4-10-17(14)20-11-5-7-13-6-2-3-9-16(13)20/h4,8,10,13,16,19H,2-3,5-7,9,11-12H2,1H3/t13-,16-/m1/s1. The highest BCUT2D eigenvalue weighted by molar-refractivity contribution is 6.31. The van der Waals surface area contributed by atoms with Crippen LogP contribution in [0.1, 0.15) is 44.1 Å². The number of nitrogens with zero attached hydrogens (tertiary/aromatic N) is 1. The van der Waals surface area contributed by atoms with Gasteiger partial charge in [0.2, 0.25) is 0 Å². The number of fused-ring (bicyclic) bond motifs is 1. The summed E-state index contributed by atoms with van der Waals surface area (Å²) in [5.74, 6) is 0.902. The molecule has 0 radical (unpaired) electrons. The first-order valence-electron chi connectivity index (χ1n) is 8.00. The molecule has 2 nitrogen and oxygen atoms in total. The lowest BCUT2D eigenvalue weighted by molar-refractivity contribution is 0.243. The van der Waals surface area contributed by atoms with Crippen LogP contribution in [0.2, 0.25) is 5.02 Å². The van der Waals surface area contributed by atoms with Crippen LogP contribution in [-0.4, -0.2) is 19.6 Å². The topological polar surface area (TPSA) is 15.3 Å². The van der Waals surface area contributed by atoms with Gasteiger partial charge in [-0.1, -0.05) is 30.5 Å². The fourth-order valence-corrected chi connectivity index (χ4v) is 4.33. The molecule has 1 aliphatic heterocycles. The number of rotatable bonds is 3. The summed E-state index contributed by atoms with van der Waals surface area (Å²) < 4.78 is 0. The van der Waals surface area contributed by atoms with Crippen LogP contribution in [-0.2, 0) is 6.54 Å². The van der Waals surface area contributed by atoms with E-state index in [0.29, 0.717) is 0 Å². The predicted molar refractivity (Wildman–Crippen MR) is 86.5 cm³/mol. The maximum Gasteiger partial charge on any atom is 0.0471 e. The second-order valence-electron chi connectivity index (χ2n) is 6.22. The van der Waals surface area contributed by atoms with Gasteiger partial charge in [0, 0.05) is 35.4 Å². The van der Waals surface area contributed by atoms with Gasteiger partial charge in [0.1, 0.15) is 0 Å². The predicted octanol–water partition coefficient (Wildman–Crippen LogP) is 4.22. The Labute approximate surface area is 127 Å². The summed E-state index contributed by atoms with van der Waals surface area (Å²) in [6.45, 7) is 2.04. The Bertz CT molecular complexity index is 458. The highest BCUT2D eigenvalue weighted by atomic mass is 35.5. The van der Waals surface area contributed by atoms with Gasteiger partial charge in [-0.25, -0.2) is 0 Å². The molecule has 2 aliphatic rings. The minimum Gasteiger partial charge on any atom is -0.368 e. The molecule has 0 spiro atoms. The van der Waals surface area contributed by atoms with Crippen molar-refractivity contribution in [1.82, 2.24) is 5.32 Å². The van der Waals surface area contributed by atoms with E-state index in [-0.39, 0.29) is 0 Å². The molecule has 1 heterocycles. The summed E-state index contributed by atoms with van der Waals surface area (Å²) in [6.07, 6.45) is 8.34. The molecule has 0 unspecified atom stereocenters. The maximum atomic E-state index is 6.44. The van der Waals surface area contributed by atoms with Crippen molar-refractivity contribution in [2.45, 2.75) is 51.1 Å². The van der Waals surface area contributed by atoms with Crippen molar-refractivity contribution >= 4 is 17.3 Å². The van der Waals surface area contributed by atoms with E-state index >= 15 is 0 Å². The third-order valence-electron chi connectivity index (χ3n) is 5.00. The molecule has 2 atom stereocenters. The Hall–Kier alpha value is -0.730. The number of halogens is 1. The van der Waals surface area contributed by atoms with Gasteiger partial charge >= 0.3 is 0 Å². The van der Waals surface area contributed by atoms with E-state index in [1.165, 1.54) is 56.3 Å². The molecule has 3 rings (SSSR count).